The molecule has 590 valence electrons. The van der Waals surface area contributed by atoms with Crippen LogP contribution < -0.4 is 0 Å². The van der Waals surface area contributed by atoms with Crippen LogP contribution in [0.15, 0.2) is 449 Å². The topological polar surface area (TPSA) is 19.7 Å². The third-order valence-corrected chi connectivity index (χ3v) is 28.2. The van der Waals surface area contributed by atoms with E-state index in [2.05, 4.69) is 467 Å². The van der Waals surface area contributed by atoms with Crippen LogP contribution in [-0.2, 0) is 0 Å². The lowest BCUT2D eigenvalue weighted by atomic mass is 9.94. The van der Waals surface area contributed by atoms with Crippen molar-refractivity contribution in [2.45, 2.75) is 0 Å². The Morgan fingerprint density at radius 2 is 0.391 bits per heavy atom. The highest BCUT2D eigenvalue weighted by atomic mass is 15.0. The molecule has 2 aliphatic rings. The lowest BCUT2D eigenvalue weighted by Gasteiger charge is -2.12. The zero-order valence-electron chi connectivity index (χ0n) is 69.5. The minimum Gasteiger partial charge on any atom is -0.309 e. The minimum absolute atomic E-state index is 1.16. The summed E-state index contributed by atoms with van der Waals surface area (Å²) in [6.45, 7) is 0. The highest BCUT2D eigenvalue weighted by Gasteiger charge is 2.28. The number of fused-ring (bicyclic) bond motifs is 26. The molecule has 4 heteroatoms. The standard InChI is InChI=1S/C64H38N2.C60H36N2/c1-2-12-46(13-3-1)65-60-19-8-6-15-52(60)57-36-41(25-31-62(57)65)42-26-32-63-58(37-42)53-16-7-9-20-61(53)66(63)47-27-30-50-45(34-47)22-21-44-33-39(23-28-49(44)50)40-24-29-51-55-18-10-17-54-48-14-5-4-11-43(48)38-59(64(54)55)56(51)35-40;1-2-12-44(13-3-1)61-56-19-8-6-15-48(56)53-34-40(25-29-58(53)61)41-26-30-59-54(35-41)49-16-7-9-20-57(49)62(59)45-27-23-37-21-22-38(31-43(37)32-45)39-24-28-47-51-18-10-17-50-46-14-5-4-11-42(46)36-55(60(50)51)52(47)33-39/h1-38H;1-36H. The van der Waals surface area contributed by atoms with Crippen LogP contribution in [0.2, 0.25) is 0 Å². The molecule has 4 aromatic heterocycles. The van der Waals surface area contributed by atoms with Crippen LogP contribution in [0.3, 0.4) is 0 Å². The van der Waals surface area contributed by atoms with Crippen molar-refractivity contribution in [3.8, 4) is 112 Å². The Labute approximate surface area is 736 Å². The van der Waals surface area contributed by atoms with Gasteiger partial charge >= 0.3 is 0 Å². The molecule has 128 heavy (non-hydrogen) atoms. The Bertz CT molecular complexity index is 9520. The van der Waals surface area contributed by atoms with Crippen LogP contribution >= 0.6 is 0 Å². The molecule has 0 amide bonds. The molecule has 2 aliphatic carbocycles. The van der Waals surface area contributed by atoms with E-state index in [-0.39, 0.29) is 0 Å². The van der Waals surface area contributed by atoms with E-state index in [1.165, 1.54) is 263 Å². The van der Waals surface area contributed by atoms with Gasteiger partial charge in [0, 0.05) is 65.8 Å². The fourth-order valence-electron chi connectivity index (χ4n) is 22.4. The number of rotatable bonds is 8. The molecule has 0 saturated heterocycles. The van der Waals surface area contributed by atoms with Crippen molar-refractivity contribution in [2.24, 2.45) is 0 Å². The Balaban J connectivity index is 0.000000130. The molecule has 0 radical (unpaired) electrons. The van der Waals surface area contributed by atoms with Gasteiger partial charge < -0.3 is 18.3 Å². The summed E-state index contributed by atoms with van der Waals surface area (Å²) in [5.74, 6) is 0. The van der Waals surface area contributed by atoms with E-state index in [4.69, 9.17) is 0 Å². The Hall–Kier alpha value is -16.9. The maximum absolute atomic E-state index is 2.44. The molecule has 29 rings (SSSR count). The van der Waals surface area contributed by atoms with E-state index in [9.17, 15) is 0 Å². The highest BCUT2D eigenvalue weighted by molar-refractivity contribution is 6.26. The first-order valence-electron chi connectivity index (χ1n) is 44.4. The fourth-order valence-corrected chi connectivity index (χ4v) is 22.4. The number of hydrogen-bond donors (Lipinski definition) is 0. The van der Waals surface area contributed by atoms with E-state index >= 15 is 0 Å². The SMILES string of the molecule is c1ccc(-n2c3ccccc3c3cc(-c4ccc5c(c4)c4ccccc4n5-c4ccc5c(ccc6cc(-c7ccc8c(c7)-c7cc9ccccc9c9cccc-8c79)ccc65)c4)ccc32)cc1.c1ccc(-n2c3ccccc3c3cc(-c4ccc5c(c4)c4ccccc4n5-c4ccc5ccc(-c6ccc7c(c6)-c6cc8ccccc8c8cccc-7c68)cc5c4)ccc32)cc1. The van der Waals surface area contributed by atoms with Crippen molar-refractivity contribution in [1.82, 2.24) is 18.3 Å². The second-order valence-electron chi connectivity index (χ2n) is 34.9. The van der Waals surface area contributed by atoms with Gasteiger partial charge in [-0.05, 0) is 322 Å². The van der Waals surface area contributed by atoms with Gasteiger partial charge in [-0.2, -0.15) is 0 Å². The maximum atomic E-state index is 2.44. The Morgan fingerprint density at radius 3 is 0.836 bits per heavy atom. The Morgan fingerprint density at radius 1 is 0.109 bits per heavy atom. The normalized spacial score (nSPS) is 12.2. The zero-order chi connectivity index (χ0) is 83.5. The first-order chi connectivity index (χ1) is 63.4. The monoisotopic (exact) mass is 1620 g/mol. The van der Waals surface area contributed by atoms with Crippen molar-refractivity contribution < 1.29 is 0 Å². The molecule has 0 spiro atoms. The van der Waals surface area contributed by atoms with Crippen molar-refractivity contribution >= 4 is 163 Å². The maximum Gasteiger partial charge on any atom is 0.0541 e. The van der Waals surface area contributed by atoms with Crippen molar-refractivity contribution in [1.29, 1.82) is 0 Å². The number of nitrogens with zero attached hydrogens (tertiary/aromatic N) is 4. The average molecular weight is 1620 g/mol. The van der Waals surface area contributed by atoms with Crippen LogP contribution in [0, 0.1) is 0 Å². The van der Waals surface area contributed by atoms with E-state index in [0.717, 1.165) is 11.4 Å². The second-order valence-corrected chi connectivity index (χ2v) is 34.9. The lowest BCUT2D eigenvalue weighted by molar-refractivity contribution is 1.18. The summed E-state index contributed by atoms with van der Waals surface area (Å²) >= 11 is 0. The van der Waals surface area contributed by atoms with Crippen LogP contribution in [0.5, 0.6) is 0 Å². The first kappa shape index (κ1) is 70.6. The van der Waals surface area contributed by atoms with Gasteiger partial charge in [-0.3, -0.25) is 0 Å². The third kappa shape index (κ3) is 10.5. The third-order valence-electron chi connectivity index (χ3n) is 28.2. The van der Waals surface area contributed by atoms with Crippen LogP contribution in [0.1, 0.15) is 0 Å². The molecular weight excluding hydrogens is 1550 g/mol. The summed E-state index contributed by atoms with van der Waals surface area (Å²) in [5.41, 5.74) is 34.7. The van der Waals surface area contributed by atoms with E-state index < -0.39 is 0 Å². The van der Waals surface area contributed by atoms with Gasteiger partial charge in [-0.15, -0.1) is 0 Å². The van der Waals surface area contributed by atoms with Crippen LogP contribution in [0.25, 0.3) is 274 Å². The molecular formula is C124H74N4. The number of para-hydroxylation sites is 6. The number of aromatic nitrogens is 4. The van der Waals surface area contributed by atoms with Crippen LogP contribution in [0.4, 0.5) is 0 Å². The molecule has 4 heterocycles. The highest BCUT2D eigenvalue weighted by Crippen LogP contribution is 2.54. The summed E-state index contributed by atoms with van der Waals surface area (Å²) < 4.78 is 9.64. The molecule has 4 nitrogen and oxygen atoms in total. The van der Waals surface area contributed by atoms with Crippen LogP contribution in [-0.4, -0.2) is 18.3 Å². The Kier molecular flexibility index (Phi) is 15.1. The summed E-state index contributed by atoms with van der Waals surface area (Å²) in [5, 5.41) is 28.1. The summed E-state index contributed by atoms with van der Waals surface area (Å²) in [6.07, 6.45) is 0. The molecule has 0 bridgehead atoms. The fraction of sp³-hybridized carbons (Fsp3) is 0. The molecule has 0 saturated carbocycles. The first-order valence-corrected chi connectivity index (χ1v) is 44.4. The van der Waals surface area contributed by atoms with Gasteiger partial charge in [0.15, 0.2) is 0 Å². The van der Waals surface area contributed by atoms with Gasteiger partial charge in [-0.25, -0.2) is 0 Å². The molecule has 0 atom stereocenters. The number of benzene rings is 23. The largest absolute Gasteiger partial charge is 0.309 e. The van der Waals surface area contributed by atoms with Gasteiger partial charge in [0.25, 0.3) is 0 Å². The van der Waals surface area contributed by atoms with Gasteiger partial charge in [0.1, 0.15) is 0 Å². The molecule has 0 fully saturated rings. The predicted molar refractivity (Wildman–Crippen MR) is 543 cm³/mol. The molecule has 0 aliphatic heterocycles. The number of hydrogen-bond acceptors (Lipinski definition) is 0. The molecule has 23 aromatic carbocycles. The van der Waals surface area contributed by atoms with Crippen molar-refractivity contribution in [3.05, 3.63) is 449 Å². The molecule has 0 unspecified atom stereocenters. The van der Waals surface area contributed by atoms with E-state index in [1.54, 1.807) is 0 Å². The quantitative estimate of drug-likeness (QED) is 0.135. The molecule has 27 aromatic rings. The van der Waals surface area contributed by atoms with Crippen molar-refractivity contribution in [3.63, 3.8) is 0 Å². The summed E-state index contributed by atoms with van der Waals surface area (Å²) in [6, 6.07) is 167. The second kappa shape index (κ2) is 27.3. The van der Waals surface area contributed by atoms with Gasteiger partial charge in [0.2, 0.25) is 0 Å². The van der Waals surface area contributed by atoms with E-state index in [1.807, 2.05) is 0 Å². The molecule has 0 N–H and O–H groups in total. The summed E-state index contributed by atoms with van der Waals surface area (Å²) in [4.78, 5) is 0. The summed E-state index contributed by atoms with van der Waals surface area (Å²) in [7, 11) is 0. The lowest BCUT2D eigenvalue weighted by Crippen LogP contribution is -1.94. The van der Waals surface area contributed by atoms with Gasteiger partial charge in [-0.1, -0.05) is 291 Å². The average Bonchev–Trinajstić information content (AvgIpc) is 1.59. The smallest absolute Gasteiger partial charge is 0.0541 e. The van der Waals surface area contributed by atoms with Crippen molar-refractivity contribution in [2.75, 3.05) is 0 Å². The minimum atomic E-state index is 1.16. The zero-order valence-corrected chi connectivity index (χ0v) is 69.5. The predicted octanol–water partition coefficient (Wildman–Crippen LogP) is 33.8. The van der Waals surface area contributed by atoms with Gasteiger partial charge in [0.05, 0.1) is 44.1 Å². The van der Waals surface area contributed by atoms with E-state index in [0.29, 0.717) is 0 Å².